The molecule has 0 heterocycles. The molecule has 0 saturated heterocycles. The number of nitrogens with one attached hydrogen (secondary N) is 2. The molecule has 142 valence electrons. The van der Waals surface area contributed by atoms with Crippen molar-refractivity contribution in [2.75, 3.05) is 27.9 Å². The highest BCUT2D eigenvalue weighted by Crippen LogP contribution is 2.22. The second-order valence-electron chi connectivity index (χ2n) is 5.32. The van der Waals surface area contributed by atoms with Gasteiger partial charge in [-0.3, -0.25) is 9.59 Å². The van der Waals surface area contributed by atoms with E-state index in [0.717, 1.165) is 0 Å². The first-order valence-corrected chi connectivity index (χ1v) is 8.03. The summed E-state index contributed by atoms with van der Waals surface area (Å²) in [6, 6.07) is 11.8. The largest absolute Gasteiger partial charge is 0.497 e. The molecule has 8 nitrogen and oxygen atoms in total. The van der Waals surface area contributed by atoms with Crippen molar-refractivity contribution < 1.29 is 23.8 Å². The maximum atomic E-state index is 12.1. The molecule has 0 aromatic heterocycles. The van der Waals surface area contributed by atoms with Gasteiger partial charge in [0.15, 0.2) is 0 Å². The minimum atomic E-state index is -0.468. The SMILES string of the molecule is COc1cccc(C(=O)NCC(=O)N/N=C\c2cc(OC)ccc2OC)c1. The zero-order chi connectivity index (χ0) is 19.6. The van der Waals surface area contributed by atoms with Gasteiger partial charge in [0.2, 0.25) is 0 Å². The van der Waals surface area contributed by atoms with E-state index in [0.29, 0.717) is 28.4 Å². The molecular formula is C19H21N3O5. The van der Waals surface area contributed by atoms with E-state index in [2.05, 4.69) is 15.8 Å². The third-order valence-electron chi connectivity index (χ3n) is 3.57. The van der Waals surface area contributed by atoms with Crippen molar-refractivity contribution in [3.8, 4) is 17.2 Å². The van der Waals surface area contributed by atoms with Crippen molar-refractivity contribution in [1.82, 2.24) is 10.7 Å². The Morgan fingerprint density at radius 1 is 1.00 bits per heavy atom. The summed E-state index contributed by atoms with van der Waals surface area (Å²) in [4.78, 5) is 23.9. The molecule has 2 amide bonds. The van der Waals surface area contributed by atoms with Crippen molar-refractivity contribution in [3.05, 3.63) is 53.6 Å². The average molecular weight is 371 g/mol. The van der Waals surface area contributed by atoms with E-state index in [4.69, 9.17) is 14.2 Å². The molecule has 2 aromatic carbocycles. The van der Waals surface area contributed by atoms with Gasteiger partial charge < -0.3 is 19.5 Å². The number of nitrogens with zero attached hydrogens (tertiary/aromatic N) is 1. The molecule has 0 aliphatic heterocycles. The Hall–Kier alpha value is -3.55. The number of carbonyl (C=O) groups excluding carboxylic acids is 2. The Labute approximate surface area is 157 Å². The summed E-state index contributed by atoms with van der Waals surface area (Å²) in [7, 11) is 4.60. The fourth-order valence-electron chi connectivity index (χ4n) is 2.18. The highest BCUT2D eigenvalue weighted by Gasteiger charge is 2.08. The van der Waals surface area contributed by atoms with Gasteiger partial charge in [-0.15, -0.1) is 0 Å². The van der Waals surface area contributed by atoms with E-state index in [1.165, 1.54) is 20.4 Å². The fourth-order valence-corrected chi connectivity index (χ4v) is 2.18. The molecule has 0 atom stereocenters. The van der Waals surface area contributed by atoms with Crippen LogP contribution in [0.15, 0.2) is 47.6 Å². The molecule has 0 aliphatic carbocycles. The third kappa shape index (κ3) is 5.74. The van der Waals surface area contributed by atoms with Crippen LogP contribution in [0.3, 0.4) is 0 Å². The Kier molecular flexibility index (Phi) is 7.18. The van der Waals surface area contributed by atoms with Crippen LogP contribution < -0.4 is 25.0 Å². The highest BCUT2D eigenvalue weighted by molar-refractivity contribution is 5.96. The van der Waals surface area contributed by atoms with Crippen LogP contribution >= 0.6 is 0 Å². The van der Waals surface area contributed by atoms with Crippen LogP contribution in [0, 0.1) is 0 Å². The predicted molar refractivity (Wildman–Crippen MR) is 101 cm³/mol. The molecule has 2 rings (SSSR count). The highest BCUT2D eigenvalue weighted by atomic mass is 16.5. The first-order chi connectivity index (χ1) is 13.1. The van der Waals surface area contributed by atoms with Crippen molar-refractivity contribution in [2.45, 2.75) is 0 Å². The van der Waals surface area contributed by atoms with Crippen molar-refractivity contribution in [2.24, 2.45) is 5.10 Å². The zero-order valence-electron chi connectivity index (χ0n) is 15.3. The molecular weight excluding hydrogens is 350 g/mol. The molecule has 2 N–H and O–H groups in total. The van der Waals surface area contributed by atoms with Gasteiger partial charge in [0.05, 0.1) is 34.1 Å². The van der Waals surface area contributed by atoms with Gasteiger partial charge in [0, 0.05) is 11.1 Å². The van der Waals surface area contributed by atoms with E-state index < -0.39 is 5.91 Å². The van der Waals surface area contributed by atoms with Crippen LogP contribution in [-0.4, -0.2) is 45.9 Å². The minimum absolute atomic E-state index is 0.220. The van der Waals surface area contributed by atoms with E-state index >= 15 is 0 Å². The second kappa shape index (κ2) is 9.81. The number of rotatable bonds is 8. The Morgan fingerprint density at radius 2 is 1.74 bits per heavy atom. The monoisotopic (exact) mass is 371 g/mol. The summed E-state index contributed by atoms with van der Waals surface area (Å²) < 4.78 is 15.4. The predicted octanol–water partition coefficient (Wildman–Crippen LogP) is 1.59. The second-order valence-corrected chi connectivity index (χ2v) is 5.32. The zero-order valence-corrected chi connectivity index (χ0v) is 15.3. The lowest BCUT2D eigenvalue weighted by molar-refractivity contribution is -0.120. The van der Waals surface area contributed by atoms with E-state index in [1.54, 1.807) is 49.6 Å². The smallest absolute Gasteiger partial charge is 0.259 e. The van der Waals surface area contributed by atoms with Gasteiger partial charge in [-0.2, -0.15) is 5.10 Å². The van der Waals surface area contributed by atoms with Gasteiger partial charge in [-0.1, -0.05) is 6.07 Å². The Morgan fingerprint density at radius 3 is 2.44 bits per heavy atom. The standard InChI is InChI=1S/C19H21N3O5/c1-25-15-6-4-5-13(9-15)19(24)20-12-18(23)22-21-11-14-10-16(26-2)7-8-17(14)27-3/h4-11H,12H2,1-3H3,(H,20,24)(H,22,23)/b21-11-. The van der Waals surface area contributed by atoms with Gasteiger partial charge in [0.25, 0.3) is 11.8 Å². The quantitative estimate of drug-likeness (QED) is 0.542. The number of amides is 2. The molecule has 2 aromatic rings. The van der Waals surface area contributed by atoms with Crippen molar-refractivity contribution in [1.29, 1.82) is 0 Å². The summed E-state index contributed by atoms with van der Waals surface area (Å²) >= 11 is 0. The molecule has 8 heteroatoms. The number of ether oxygens (including phenoxy) is 3. The number of carbonyl (C=O) groups is 2. The van der Waals surface area contributed by atoms with Crippen molar-refractivity contribution in [3.63, 3.8) is 0 Å². The van der Waals surface area contributed by atoms with E-state index in [9.17, 15) is 9.59 Å². The molecule has 0 aliphatic rings. The van der Waals surface area contributed by atoms with Crippen molar-refractivity contribution >= 4 is 18.0 Å². The van der Waals surface area contributed by atoms with E-state index in [1.807, 2.05) is 0 Å². The van der Waals surface area contributed by atoms with Crippen LogP contribution in [0.2, 0.25) is 0 Å². The number of hydrogen-bond donors (Lipinski definition) is 2. The molecule has 0 spiro atoms. The molecule has 0 unspecified atom stereocenters. The summed E-state index contributed by atoms with van der Waals surface area (Å²) in [5.41, 5.74) is 3.38. The topological polar surface area (TPSA) is 98.2 Å². The normalized spacial score (nSPS) is 10.3. The molecule has 0 fully saturated rings. The van der Waals surface area contributed by atoms with Crippen LogP contribution in [0.5, 0.6) is 17.2 Å². The summed E-state index contributed by atoms with van der Waals surface area (Å²) in [5.74, 6) is 0.921. The van der Waals surface area contributed by atoms with Crippen LogP contribution in [0.25, 0.3) is 0 Å². The summed E-state index contributed by atoms with van der Waals surface area (Å²) in [6.45, 7) is -0.220. The molecule has 0 radical (unpaired) electrons. The number of hydrazone groups is 1. The number of methoxy groups -OCH3 is 3. The maximum absolute atomic E-state index is 12.1. The lowest BCUT2D eigenvalue weighted by Gasteiger charge is -2.07. The summed E-state index contributed by atoms with van der Waals surface area (Å²) in [6.07, 6.45) is 1.43. The maximum Gasteiger partial charge on any atom is 0.259 e. The minimum Gasteiger partial charge on any atom is -0.497 e. The number of benzene rings is 2. The van der Waals surface area contributed by atoms with Gasteiger partial charge >= 0.3 is 0 Å². The lowest BCUT2D eigenvalue weighted by Crippen LogP contribution is -2.34. The van der Waals surface area contributed by atoms with Crippen LogP contribution in [0.1, 0.15) is 15.9 Å². The lowest BCUT2D eigenvalue weighted by atomic mass is 10.2. The molecule has 0 saturated carbocycles. The number of hydrogen-bond acceptors (Lipinski definition) is 6. The molecule has 27 heavy (non-hydrogen) atoms. The third-order valence-corrected chi connectivity index (χ3v) is 3.57. The Bertz CT molecular complexity index is 836. The molecule has 0 bridgehead atoms. The van der Waals surface area contributed by atoms with E-state index in [-0.39, 0.29) is 12.5 Å². The van der Waals surface area contributed by atoms with Crippen LogP contribution in [-0.2, 0) is 4.79 Å². The van der Waals surface area contributed by atoms with Gasteiger partial charge in [0.1, 0.15) is 17.2 Å². The first kappa shape index (κ1) is 19.8. The average Bonchev–Trinajstić information content (AvgIpc) is 2.71. The first-order valence-electron chi connectivity index (χ1n) is 8.03. The fraction of sp³-hybridized carbons (Fsp3) is 0.211. The van der Waals surface area contributed by atoms with Gasteiger partial charge in [-0.05, 0) is 36.4 Å². The Balaban J connectivity index is 1.89. The van der Waals surface area contributed by atoms with Crippen LogP contribution in [0.4, 0.5) is 0 Å². The summed E-state index contributed by atoms with van der Waals surface area (Å²) in [5, 5.41) is 6.39. The van der Waals surface area contributed by atoms with Gasteiger partial charge in [-0.25, -0.2) is 5.43 Å².